The molecular weight excluding hydrogens is 797 g/mol. The summed E-state index contributed by atoms with van der Waals surface area (Å²) in [5.74, 6) is 0. The lowest BCUT2D eigenvalue weighted by atomic mass is 9.65. The summed E-state index contributed by atoms with van der Waals surface area (Å²) >= 11 is 0. The minimum Gasteiger partial charge on any atom is -0.310 e. The predicted molar refractivity (Wildman–Crippen MR) is 275 cm³/mol. The number of aromatic nitrogens is 1. The minimum absolute atomic E-state index is 0.144. The lowest BCUT2D eigenvalue weighted by molar-refractivity contribution is 0.660. The van der Waals surface area contributed by atoms with Gasteiger partial charge in [-0.3, -0.25) is 0 Å². The van der Waals surface area contributed by atoms with Crippen molar-refractivity contribution in [3.8, 4) is 50.2 Å². The number of nitrogens with zero attached hydrogens (tertiary/aromatic N) is 2. The molecule has 0 fully saturated rings. The first-order chi connectivity index (χ1) is 32.5. The molecule has 3 aliphatic rings. The number of hydrogen-bond donors (Lipinski definition) is 0. The molecule has 66 heavy (non-hydrogen) atoms. The maximum Gasteiger partial charge on any atom is 0.0754 e. The first-order valence-electron chi connectivity index (χ1n) is 23.2. The van der Waals surface area contributed by atoms with Gasteiger partial charge in [-0.25, -0.2) is 0 Å². The second kappa shape index (κ2) is 13.7. The van der Waals surface area contributed by atoms with E-state index in [9.17, 15) is 0 Å². The Morgan fingerprint density at radius 1 is 0.348 bits per heavy atom. The van der Waals surface area contributed by atoms with Gasteiger partial charge in [-0.15, -0.1) is 0 Å². The maximum absolute atomic E-state index is 2.55. The van der Waals surface area contributed by atoms with Crippen LogP contribution in [0.25, 0.3) is 72.0 Å². The van der Waals surface area contributed by atoms with Gasteiger partial charge in [0, 0.05) is 33.1 Å². The molecule has 11 aromatic rings. The van der Waals surface area contributed by atoms with Crippen LogP contribution < -0.4 is 4.90 Å². The van der Waals surface area contributed by atoms with Gasteiger partial charge < -0.3 is 9.47 Å². The molecule has 0 bridgehead atoms. The molecule has 0 atom stereocenters. The van der Waals surface area contributed by atoms with Crippen LogP contribution in [-0.4, -0.2) is 4.57 Å². The van der Waals surface area contributed by atoms with E-state index in [0.717, 1.165) is 17.1 Å². The molecule has 0 saturated carbocycles. The topological polar surface area (TPSA) is 8.17 Å². The quantitative estimate of drug-likeness (QED) is 0.168. The molecule has 14 rings (SSSR count). The van der Waals surface area contributed by atoms with Gasteiger partial charge in [0.25, 0.3) is 0 Å². The highest BCUT2D eigenvalue weighted by Crippen LogP contribution is 2.61. The van der Waals surface area contributed by atoms with Crippen LogP contribution in [-0.2, 0) is 10.8 Å². The molecule has 1 spiro atoms. The lowest BCUT2D eigenvalue weighted by Gasteiger charge is -2.40. The van der Waals surface area contributed by atoms with Crippen molar-refractivity contribution in [2.45, 2.75) is 24.7 Å². The standard InChI is InChI=1S/C64H44N2/c1-63(2)53-25-11-6-20-47(53)50-37-36-45(40-57(50)63)65(44-34-31-42(32-35-44)41-17-4-3-5-18-41)59-29-14-9-19-46(59)43-33-38-61-58(39-43)64(54-26-12-7-21-48(54)49-22-8-13-27-55(49)64)56-28-16-24-52-51-23-10-15-30-60(51)66(61)62(52)56/h3-40H,1-2H3. The van der Waals surface area contributed by atoms with Crippen molar-refractivity contribution in [3.05, 3.63) is 264 Å². The summed E-state index contributed by atoms with van der Waals surface area (Å²) in [6.07, 6.45) is 0. The smallest absolute Gasteiger partial charge is 0.0754 e. The first kappa shape index (κ1) is 37.2. The number of rotatable bonds is 5. The molecule has 2 heteroatoms. The highest BCUT2D eigenvalue weighted by molar-refractivity contribution is 6.13. The fourth-order valence-electron chi connectivity index (χ4n) is 12.3. The number of anilines is 3. The zero-order chi connectivity index (χ0) is 43.7. The fraction of sp³-hybridized carbons (Fsp3) is 0.0625. The number of para-hydroxylation sites is 3. The average molecular weight is 841 g/mol. The van der Waals surface area contributed by atoms with E-state index in [2.05, 4.69) is 254 Å². The van der Waals surface area contributed by atoms with Gasteiger partial charge in [0.15, 0.2) is 0 Å². The zero-order valence-corrected chi connectivity index (χ0v) is 36.8. The largest absolute Gasteiger partial charge is 0.310 e. The third kappa shape index (κ3) is 4.91. The summed E-state index contributed by atoms with van der Waals surface area (Å²) in [7, 11) is 0. The molecule has 1 aromatic heterocycles. The summed E-state index contributed by atoms with van der Waals surface area (Å²) in [6, 6.07) is 86.4. The molecule has 10 aromatic carbocycles. The van der Waals surface area contributed by atoms with Crippen LogP contribution in [0.3, 0.4) is 0 Å². The van der Waals surface area contributed by atoms with Crippen molar-refractivity contribution in [3.63, 3.8) is 0 Å². The first-order valence-corrected chi connectivity index (χ1v) is 23.2. The predicted octanol–water partition coefficient (Wildman–Crippen LogP) is 16.6. The van der Waals surface area contributed by atoms with E-state index in [4.69, 9.17) is 0 Å². The summed E-state index contributed by atoms with van der Waals surface area (Å²) in [5.41, 5.74) is 24.5. The second-order valence-corrected chi connectivity index (χ2v) is 18.8. The molecule has 1 aliphatic heterocycles. The van der Waals surface area contributed by atoms with Crippen LogP contribution in [0.2, 0.25) is 0 Å². The Morgan fingerprint density at radius 3 is 1.65 bits per heavy atom. The van der Waals surface area contributed by atoms with Crippen molar-refractivity contribution >= 4 is 38.9 Å². The SMILES string of the molecule is CC1(C)c2ccccc2-c2ccc(N(c3ccc(-c4ccccc4)cc3)c3ccccc3-c3ccc4c(c3)C3(c5ccccc5-c5ccccc53)c3cccc5c6ccccc6n-4c35)cc21. The summed E-state index contributed by atoms with van der Waals surface area (Å²) in [6.45, 7) is 4.74. The van der Waals surface area contributed by atoms with Crippen molar-refractivity contribution in [1.29, 1.82) is 0 Å². The Hall–Kier alpha value is -8.20. The summed E-state index contributed by atoms with van der Waals surface area (Å²) in [4.78, 5) is 2.48. The fourth-order valence-corrected chi connectivity index (χ4v) is 12.3. The van der Waals surface area contributed by atoms with Crippen molar-refractivity contribution < 1.29 is 0 Å². The van der Waals surface area contributed by atoms with Crippen LogP contribution in [0.5, 0.6) is 0 Å². The van der Waals surface area contributed by atoms with Crippen LogP contribution in [0.4, 0.5) is 17.1 Å². The summed E-state index contributed by atoms with van der Waals surface area (Å²) < 4.78 is 2.55. The van der Waals surface area contributed by atoms with E-state index >= 15 is 0 Å². The Balaban J connectivity index is 1.03. The molecule has 0 saturated heterocycles. The minimum atomic E-state index is -0.537. The zero-order valence-electron chi connectivity index (χ0n) is 36.8. The van der Waals surface area contributed by atoms with Gasteiger partial charge in [0.1, 0.15) is 0 Å². The normalized spacial score (nSPS) is 14.2. The van der Waals surface area contributed by atoms with E-state index < -0.39 is 5.41 Å². The molecule has 0 amide bonds. The van der Waals surface area contributed by atoms with Gasteiger partial charge in [-0.05, 0) is 121 Å². The third-order valence-corrected chi connectivity index (χ3v) is 15.2. The van der Waals surface area contributed by atoms with E-state index in [1.54, 1.807) is 0 Å². The van der Waals surface area contributed by atoms with E-state index in [1.165, 1.54) is 105 Å². The van der Waals surface area contributed by atoms with E-state index in [1.807, 2.05) is 0 Å². The van der Waals surface area contributed by atoms with Gasteiger partial charge >= 0.3 is 0 Å². The lowest BCUT2D eigenvalue weighted by Crippen LogP contribution is -2.33. The van der Waals surface area contributed by atoms with Crippen LogP contribution in [0.1, 0.15) is 47.2 Å². The van der Waals surface area contributed by atoms with E-state index in [-0.39, 0.29) is 5.41 Å². The monoisotopic (exact) mass is 840 g/mol. The molecule has 0 N–H and O–H groups in total. The maximum atomic E-state index is 2.55. The van der Waals surface area contributed by atoms with Crippen molar-refractivity contribution in [2.24, 2.45) is 0 Å². The van der Waals surface area contributed by atoms with Crippen LogP contribution >= 0.6 is 0 Å². The van der Waals surface area contributed by atoms with Gasteiger partial charge in [-0.1, -0.05) is 196 Å². The molecule has 0 radical (unpaired) electrons. The number of fused-ring (bicyclic) bond motifs is 15. The van der Waals surface area contributed by atoms with Crippen LogP contribution in [0.15, 0.2) is 231 Å². The third-order valence-electron chi connectivity index (χ3n) is 15.2. The highest BCUT2D eigenvalue weighted by atomic mass is 15.1. The Bertz CT molecular complexity index is 3750. The van der Waals surface area contributed by atoms with Crippen molar-refractivity contribution in [1.82, 2.24) is 4.57 Å². The molecule has 2 aliphatic carbocycles. The molecule has 2 heterocycles. The van der Waals surface area contributed by atoms with E-state index in [0.29, 0.717) is 0 Å². The summed E-state index contributed by atoms with van der Waals surface area (Å²) in [5, 5.41) is 2.57. The molecule has 0 unspecified atom stereocenters. The van der Waals surface area contributed by atoms with Gasteiger partial charge in [-0.2, -0.15) is 0 Å². The Kier molecular flexibility index (Phi) is 7.70. The second-order valence-electron chi connectivity index (χ2n) is 18.8. The Morgan fingerprint density at radius 2 is 0.894 bits per heavy atom. The Labute approximate surface area is 385 Å². The number of hydrogen-bond acceptors (Lipinski definition) is 1. The number of benzene rings is 10. The van der Waals surface area contributed by atoms with Gasteiger partial charge in [0.05, 0.1) is 27.8 Å². The highest BCUT2D eigenvalue weighted by Gasteiger charge is 2.51. The molecule has 310 valence electrons. The molecule has 2 nitrogen and oxygen atoms in total. The van der Waals surface area contributed by atoms with Gasteiger partial charge in [0.2, 0.25) is 0 Å². The van der Waals surface area contributed by atoms with Crippen molar-refractivity contribution in [2.75, 3.05) is 4.90 Å². The average Bonchev–Trinajstić information content (AvgIpc) is 3.96. The molecular formula is C64H44N2. The van der Waals surface area contributed by atoms with Crippen LogP contribution in [0, 0.1) is 0 Å².